The lowest BCUT2D eigenvalue weighted by molar-refractivity contribution is -0.135. The van der Waals surface area contributed by atoms with Crippen molar-refractivity contribution >= 4 is 17.6 Å². The zero-order valence-corrected chi connectivity index (χ0v) is 14.9. The number of anilines is 1. The Morgan fingerprint density at radius 2 is 1.88 bits per heavy atom. The maximum absolute atomic E-state index is 12.8. The molecule has 2 atom stereocenters. The third kappa shape index (κ3) is 4.51. The Morgan fingerprint density at radius 3 is 2.64 bits per heavy atom. The van der Waals surface area contributed by atoms with Crippen molar-refractivity contribution in [1.82, 2.24) is 15.1 Å². The lowest BCUT2D eigenvalue weighted by Crippen LogP contribution is -2.47. The Hall–Kier alpha value is -2.08. The molecule has 6 nitrogen and oxygen atoms in total. The number of hydrogen-bond acceptors (Lipinski definition) is 3. The van der Waals surface area contributed by atoms with Crippen LogP contribution in [0.2, 0.25) is 0 Å². The molecular weight excluding hydrogens is 316 g/mol. The molecule has 6 heteroatoms. The Bertz CT molecular complexity index is 592. The van der Waals surface area contributed by atoms with E-state index in [1.165, 1.54) is 0 Å². The molecule has 2 aliphatic rings. The van der Waals surface area contributed by atoms with Gasteiger partial charge in [0.15, 0.2) is 0 Å². The molecule has 1 aromatic rings. The molecular formula is C19H28N4O2. The highest BCUT2D eigenvalue weighted by atomic mass is 16.2. The van der Waals surface area contributed by atoms with Crippen LogP contribution in [-0.2, 0) is 4.79 Å². The first kappa shape index (κ1) is 17.7. The molecule has 136 valence electrons. The summed E-state index contributed by atoms with van der Waals surface area (Å²) in [5.41, 5.74) is 0.787. The number of benzene rings is 1. The number of nitrogens with zero attached hydrogens (tertiary/aromatic N) is 2. The maximum Gasteiger partial charge on any atom is 0.321 e. The van der Waals surface area contributed by atoms with E-state index in [1.807, 2.05) is 42.3 Å². The van der Waals surface area contributed by atoms with Gasteiger partial charge in [-0.3, -0.25) is 4.79 Å². The van der Waals surface area contributed by atoms with E-state index in [9.17, 15) is 9.59 Å². The van der Waals surface area contributed by atoms with Crippen molar-refractivity contribution < 1.29 is 9.59 Å². The predicted molar refractivity (Wildman–Crippen MR) is 98.4 cm³/mol. The highest BCUT2D eigenvalue weighted by molar-refractivity contribution is 5.90. The molecule has 0 aromatic heterocycles. The summed E-state index contributed by atoms with van der Waals surface area (Å²) < 4.78 is 0. The van der Waals surface area contributed by atoms with E-state index >= 15 is 0 Å². The van der Waals surface area contributed by atoms with Gasteiger partial charge in [-0.2, -0.15) is 0 Å². The van der Waals surface area contributed by atoms with Crippen molar-refractivity contribution in [3.63, 3.8) is 0 Å². The van der Waals surface area contributed by atoms with Gasteiger partial charge in [0.05, 0.1) is 5.92 Å². The van der Waals surface area contributed by atoms with Gasteiger partial charge in [0, 0.05) is 31.9 Å². The number of carbonyl (C=O) groups excluding carboxylic acids is 2. The van der Waals surface area contributed by atoms with Gasteiger partial charge in [0.1, 0.15) is 0 Å². The lowest BCUT2D eigenvalue weighted by atomic mass is 9.97. The van der Waals surface area contributed by atoms with Crippen molar-refractivity contribution in [1.29, 1.82) is 0 Å². The molecule has 0 saturated carbocycles. The Labute approximate surface area is 149 Å². The van der Waals surface area contributed by atoms with E-state index in [1.54, 1.807) is 4.90 Å². The van der Waals surface area contributed by atoms with Crippen LogP contribution in [0.3, 0.4) is 0 Å². The average molecular weight is 344 g/mol. The third-order valence-electron chi connectivity index (χ3n) is 5.17. The van der Waals surface area contributed by atoms with Crippen LogP contribution in [-0.4, -0.2) is 61.5 Å². The third-order valence-corrected chi connectivity index (χ3v) is 5.17. The normalized spacial score (nSPS) is 23.6. The second-order valence-corrected chi connectivity index (χ2v) is 7.08. The number of piperidine rings is 1. The Kier molecular flexibility index (Phi) is 5.91. The van der Waals surface area contributed by atoms with Crippen LogP contribution in [0.4, 0.5) is 10.5 Å². The molecule has 2 heterocycles. The summed E-state index contributed by atoms with van der Waals surface area (Å²) in [4.78, 5) is 29.1. The van der Waals surface area contributed by atoms with E-state index in [0.29, 0.717) is 19.0 Å². The summed E-state index contributed by atoms with van der Waals surface area (Å²) in [6.07, 6.45) is 2.82. The monoisotopic (exact) mass is 344 g/mol. The predicted octanol–water partition coefficient (Wildman–Crippen LogP) is 2.00. The lowest BCUT2D eigenvalue weighted by Gasteiger charge is -2.34. The van der Waals surface area contributed by atoms with Crippen LogP contribution in [0.25, 0.3) is 0 Å². The van der Waals surface area contributed by atoms with Crippen molar-refractivity contribution in [2.45, 2.75) is 19.3 Å². The van der Waals surface area contributed by atoms with Crippen LogP contribution >= 0.6 is 0 Å². The summed E-state index contributed by atoms with van der Waals surface area (Å²) in [5, 5.41) is 6.11. The molecule has 3 rings (SSSR count). The molecule has 0 radical (unpaired) electrons. The van der Waals surface area contributed by atoms with Crippen LogP contribution in [0.15, 0.2) is 30.3 Å². The Balaban J connectivity index is 1.54. The first-order valence-corrected chi connectivity index (χ1v) is 9.21. The molecule has 2 unspecified atom stereocenters. The van der Waals surface area contributed by atoms with Gasteiger partial charge < -0.3 is 20.4 Å². The van der Waals surface area contributed by atoms with Gasteiger partial charge in [-0.25, -0.2) is 4.79 Å². The van der Waals surface area contributed by atoms with Crippen LogP contribution in [0, 0.1) is 11.8 Å². The fourth-order valence-corrected chi connectivity index (χ4v) is 3.83. The molecule has 2 aliphatic heterocycles. The molecule has 3 amide bonds. The smallest absolute Gasteiger partial charge is 0.321 e. The summed E-state index contributed by atoms with van der Waals surface area (Å²) in [5.74, 6) is 0.703. The molecule has 2 saturated heterocycles. The van der Waals surface area contributed by atoms with Gasteiger partial charge in [-0.05, 0) is 50.9 Å². The maximum atomic E-state index is 12.8. The van der Waals surface area contributed by atoms with Crippen LogP contribution in [0.1, 0.15) is 19.3 Å². The Morgan fingerprint density at radius 1 is 1.08 bits per heavy atom. The highest BCUT2D eigenvalue weighted by Crippen LogP contribution is 2.24. The van der Waals surface area contributed by atoms with Gasteiger partial charge >= 0.3 is 6.03 Å². The van der Waals surface area contributed by atoms with Crippen molar-refractivity contribution in [3.05, 3.63) is 30.3 Å². The minimum atomic E-state index is -0.113. The standard InChI is InChI=1S/C19H28N4O2/c1-20-12-15-9-11-22(13-15)18(24)16-6-5-10-23(14-16)19(25)21-17-7-3-2-4-8-17/h2-4,7-8,15-16,20H,5-6,9-14H2,1H3,(H,21,25). The number of rotatable bonds is 4. The number of amides is 3. The molecule has 1 aromatic carbocycles. The zero-order chi connectivity index (χ0) is 17.6. The number of hydrogen-bond donors (Lipinski definition) is 2. The number of nitrogens with one attached hydrogen (secondary N) is 2. The first-order chi connectivity index (χ1) is 12.2. The fraction of sp³-hybridized carbons (Fsp3) is 0.579. The van der Waals surface area contributed by atoms with Gasteiger partial charge in [0.25, 0.3) is 0 Å². The van der Waals surface area contributed by atoms with E-state index in [-0.39, 0.29) is 17.9 Å². The number of para-hydroxylation sites is 1. The topological polar surface area (TPSA) is 64.7 Å². The molecule has 0 spiro atoms. The average Bonchev–Trinajstić information content (AvgIpc) is 3.11. The summed E-state index contributed by atoms with van der Waals surface area (Å²) in [6, 6.07) is 9.34. The molecule has 2 N–H and O–H groups in total. The number of urea groups is 1. The summed E-state index contributed by atoms with van der Waals surface area (Å²) in [7, 11) is 1.95. The van der Waals surface area contributed by atoms with Crippen molar-refractivity contribution in [2.75, 3.05) is 45.1 Å². The number of carbonyl (C=O) groups is 2. The largest absolute Gasteiger partial charge is 0.342 e. The van der Waals surface area contributed by atoms with E-state index in [2.05, 4.69) is 10.6 Å². The van der Waals surface area contributed by atoms with Crippen molar-refractivity contribution in [3.8, 4) is 0 Å². The first-order valence-electron chi connectivity index (χ1n) is 9.21. The second-order valence-electron chi connectivity index (χ2n) is 7.08. The van der Waals surface area contributed by atoms with Gasteiger partial charge in [0.2, 0.25) is 5.91 Å². The highest BCUT2D eigenvalue weighted by Gasteiger charge is 2.34. The molecule has 25 heavy (non-hydrogen) atoms. The van der Waals surface area contributed by atoms with E-state index < -0.39 is 0 Å². The molecule has 2 fully saturated rings. The minimum Gasteiger partial charge on any atom is -0.342 e. The quantitative estimate of drug-likeness (QED) is 0.878. The van der Waals surface area contributed by atoms with Crippen LogP contribution < -0.4 is 10.6 Å². The zero-order valence-electron chi connectivity index (χ0n) is 14.9. The van der Waals surface area contributed by atoms with Gasteiger partial charge in [-0.15, -0.1) is 0 Å². The summed E-state index contributed by atoms with van der Waals surface area (Å²) >= 11 is 0. The minimum absolute atomic E-state index is 0.0661. The van der Waals surface area contributed by atoms with Gasteiger partial charge in [-0.1, -0.05) is 18.2 Å². The molecule has 0 bridgehead atoms. The second kappa shape index (κ2) is 8.34. The fourth-order valence-electron chi connectivity index (χ4n) is 3.83. The van der Waals surface area contributed by atoms with Crippen molar-refractivity contribution in [2.24, 2.45) is 11.8 Å². The van der Waals surface area contributed by atoms with Crippen LogP contribution in [0.5, 0.6) is 0 Å². The number of likely N-dealkylation sites (tertiary alicyclic amines) is 2. The summed E-state index contributed by atoms with van der Waals surface area (Å²) in [6.45, 7) is 3.87. The van der Waals surface area contributed by atoms with E-state index in [0.717, 1.165) is 44.6 Å². The van der Waals surface area contributed by atoms with E-state index in [4.69, 9.17) is 0 Å². The SMILES string of the molecule is CNCC1CCN(C(=O)C2CCCN(C(=O)Nc3ccccc3)C2)C1. The molecule has 0 aliphatic carbocycles.